The zero-order valence-electron chi connectivity index (χ0n) is 14.6. The molecule has 0 radical (unpaired) electrons. The summed E-state index contributed by atoms with van der Waals surface area (Å²) in [5.74, 6) is 0.958. The highest BCUT2D eigenvalue weighted by atomic mass is 32.2. The molecule has 2 aromatic rings. The van der Waals surface area contributed by atoms with E-state index >= 15 is 0 Å². The fourth-order valence-corrected chi connectivity index (χ4v) is 4.01. The number of benzene rings is 1. The lowest BCUT2D eigenvalue weighted by molar-refractivity contribution is -0.385. The van der Waals surface area contributed by atoms with Crippen LogP contribution in [0.15, 0.2) is 27.6 Å². The van der Waals surface area contributed by atoms with Gasteiger partial charge in [-0.3, -0.25) is 14.9 Å². The van der Waals surface area contributed by atoms with Crippen molar-refractivity contribution in [2.24, 2.45) is 0 Å². The number of hydrogen-bond acceptors (Lipinski definition) is 8. The zero-order valence-corrected chi connectivity index (χ0v) is 15.4. The van der Waals surface area contributed by atoms with Gasteiger partial charge in [-0.05, 0) is 19.9 Å². The summed E-state index contributed by atoms with van der Waals surface area (Å²) in [7, 11) is -3.17. The summed E-state index contributed by atoms with van der Waals surface area (Å²) in [5, 5.41) is 14.6. The zero-order chi connectivity index (χ0) is 20.4. The molecule has 0 spiro atoms. The average molecular weight is 393 g/mol. The summed E-state index contributed by atoms with van der Waals surface area (Å²) < 4.78 is 36.1. The number of ether oxygens (including phenoxy) is 1. The van der Waals surface area contributed by atoms with Crippen LogP contribution in [0.25, 0.3) is 0 Å². The van der Waals surface area contributed by atoms with Crippen molar-refractivity contribution in [3.05, 3.63) is 45.3 Å². The van der Waals surface area contributed by atoms with Crippen LogP contribution >= 0.6 is 0 Å². The van der Waals surface area contributed by atoms with Gasteiger partial charge in [0.25, 0.3) is 15.9 Å². The monoisotopic (exact) mass is 393 g/mol. The van der Waals surface area contributed by atoms with E-state index in [1.54, 1.807) is 0 Å². The van der Waals surface area contributed by atoms with Crippen LogP contribution in [-0.2, 0) is 10.0 Å². The number of carbonyl (C=O) groups is 1. The Hall–Kier alpha value is -3.39. The molecule has 1 heterocycles. The molecule has 2 rings (SSSR count). The molecule has 1 amide bonds. The number of aromatic nitrogens is 1. The van der Waals surface area contributed by atoms with Gasteiger partial charge in [0.1, 0.15) is 5.69 Å². The van der Waals surface area contributed by atoms with Crippen LogP contribution in [0.3, 0.4) is 0 Å². The van der Waals surface area contributed by atoms with Gasteiger partial charge in [0.05, 0.1) is 18.6 Å². The first-order chi connectivity index (χ1) is 12.6. The molecule has 0 aliphatic rings. The Kier molecular flexibility index (Phi) is 5.51. The highest BCUT2D eigenvalue weighted by Crippen LogP contribution is 2.30. The molecule has 0 bridgehead atoms. The van der Waals surface area contributed by atoms with E-state index in [4.69, 9.17) is 15.7 Å². The topological polar surface area (TPSA) is 133 Å². The molecule has 10 nitrogen and oxygen atoms in total. The number of methoxy groups -OCH3 is 1. The number of sulfonamides is 1. The Morgan fingerprint density at radius 2 is 2.11 bits per heavy atom. The molecule has 142 valence electrons. The first kappa shape index (κ1) is 19.9. The van der Waals surface area contributed by atoms with Crippen LogP contribution < -0.4 is 4.74 Å². The molecule has 0 N–H and O–H groups in total. The SMILES string of the molecule is C#CCN(C(=O)c1ccc([N+](=O)[O-])c(OC)c1)S(=O)(=O)c1c(C)noc1C. The van der Waals surface area contributed by atoms with E-state index in [1.165, 1.54) is 21.0 Å². The maximum atomic E-state index is 12.9. The minimum absolute atomic E-state index is 0.00333. The van der Waals surface area contributed by atoms with E-state index in [9.17, 15) is 23.3 Å². The molecule has 0 aliphatic heterocycles. The third-order valence-corrected chi connectivity index (χ3v) is 5.57. The largest absolute Gasteiger partial charge is 0.490 e. The van der Waals surface area contributed by atoms with Crippen LogP contribution in [0, 0.1) is 36.3 Å². The Balaban J connectivity index is 2.56. The number of hydrogen-bond donors (Lipinski definition) is 0. The molecule has 0 saturated carbocycles. The van der Waals surface area contributed by atoms with Crippen molar-refractivity contribution >= 4 is 21.6 Å². The molecule has 1 aromatic carbocycles. The summed E-state index contributed by atoms with van der Waals surface area (Å²) in [6, 6.07) is 3.24. The fraction of sp³-hybridized carbons (Fsp3) is 0.250. The Bertz CT molecular complexity index is 1030. The highest BCUT2D eigenvalue weighted by Gasteiger charge is 2.35. The maximum absolute atomic E-state index is 12.9. The molecule has 11 heteroatoms. The summed E-state index contributed by atoms with van der Waals surface area (Å²) in [6.45, 7) is 2.25. The Morgan fingerprint density at radius 3 is 2.59 bits per heavy atom. The third-order valence-electron chi connectivity index (χ3n) is 3.60. The van der Waals surface area contributed by atoms with Crippen LogP contribution in [0.4, 0.5) is 5.69 Å². The van der Waals surface area contributed by atoms with Crippen LogP contribution in [0.5, 0.6) is 5.75 Å². The number of carbonyl (C=O) groups excluding carboxylic acids is 1. The van der Waals surface area contributed by atoms with Crippen molar-refractivity contribution in [1.82, 2.24) is 9.46 Å². The maximum Gasteiger partial charge on any atom is 0.310 e. The first-order valence-corrected chi connectivity index (χ1v) is 8.85. The van der Waals surface area contributed by atoms with Gasteiger partial charge in [0.15, 0.2) is 16.4 Å². The number of amides is 1. The summed E-state index contributed by atoms with van der Waals surface area (Å²) in [5.41, 5.74) is -0.447. The Morgan fingerprint density at radius 1 is 1.44 bits per heavy atom. The van der Waals surface area contributed by atoms with E-state index in [0.29, 0.717) is 4.31 Å². The molecular formula is C16H15N3O7S. The van der Waals surface area contributed by atoms with Crippen molar-refractivity contribution in [2.75, 3.05) is 13.7 Å². The minimum Gasteiger partial charge on any atom is -0.490 e. The standard InChI is InChI=1S/C16H15N3O7S/c1-5-8-18(27(23,24)15-10(2)17-26-11(15)3)16(20)12-6-7-13(19(21)22)14(9-12)25-4/h1,6-7,9H,8H2,2-4H3. The smallest absolute Gasteiger partial charge is 0.310 e. The van der Waals surface area contributed by atoms with Gasteiger partial charge in [-0.1, -0.05) is 11.1 Å². The quantitative estimate of drug-likeness (QED) is 0.411. The lowest BCUT2D eigenvalue weighted by Gasteiger charge is -2.20. The predicted octanol–water partition coefficient (Wildman–Crippen LogP) is 1.67. The van der Waals surface area contributed by atoms with E-state index < -0.39 is 27.4 Å². The number of terminal acetylenes is 1. The van der Waals surface area contributed by atoms with Crippen molar-refractivity contribution in [3.8, 4) is 18.1 Å². The number of nitrogens with zero attached hydrogens (tertiary/aromatic N) is 3. The van der Waals surface area contributed by atoms with E-state index in [1.807, 2.05) is 0 Å². The van der Waals surface area contributed by atoms with Crippen LogP contribution in [0.1, 0.15) is 21.8 Å². The Labute approximate surface area is 154 Å². The van der Waals surface area contributed by atoms with Gasteiger partial charge in [-0.25, -0.2) is 12.7 Å². The average Bonchev–Trinajstić information content (AvgIpc) is 2.97. The number of nitro groups is 1. The lowest BCUT2D eigenvalue weighted by atomic mass is 10.1. The first-order valence-electron chi connectivity index (χ1n) is 7.41. The second kappa shape index (κ2) is 7.46. The molecule has 0 atom stereocenters. The van der Waals surface area contributed by atoms with Gasteiger partial charge in [0, 0.05) is 17.7 Å². The molecule has 27 heavy (non-hydrogen) atoms. The molecule has 0 unspecified atom stereocenters. The summed E-state index contributed by atoms with van der Waals surface area (Å²) in [4.78, 5) is 22.9. The van der Waals surface area contributed by atoms with Crippen molar-refractivity contribution in [1.29, 1.82) is 0 Å². The highest BCUT2D eigenvalue weighted by molar-refractivity contribution is 7.89. The molecule has 0 saturated heterocycles. The molecular weight excluding hydrogens is 378 g/mol. The number of aryl methyl sites for hydroxylation is 2. The molecule has 1 aromatic heterocycles. The van der Waals surface area contributed by atoms with Gasteiger partial charge in [-0.2, -0.15) is 0 Å². The van der Waals surface area contributed by atoms with Gasteiger partial charge < -0.3 is 9.26 Å². The number of rotatable bonds is 6. The minimum atomic E-state index is -4.36. The van der Waals surface area contributed by atoms with Crippen LogP contribution in [-0.4, -0.2) is 42.4 Å². The van der Waals surface area contributed by atoms with E-state index in [2.05, 4.69) is 11.1 Å². The second-order valence-corrected chi connectivity index (χ2v) is 7.12. The van der Waals surface area contributed by atoms with Crippen molar-refractivity contribution in [2.45, 2.75) is 18.7 Å². The normalized spacial score (nSPS) is 10.9. The fourth-order valence-electron chi connectivity index (χ4n) is 2.41. The second-order valence-electron chi connectivity index (χ2n) is 5.32. The van der Waals surface area contributed by atoms with Gasteiger partial charge in [0.2, 0.25) is 0 Å². The van der Waals surface area contributed by atoms with Gasteiger partial charge >= 0.3 is 5.69 Å². The van der Waals surface area contributed by atoms with E-state index in [-0.39, 0.29) is 33.4 Å². The van der Waals surface area contributed by atoms with Crippen molar-refractivity contribution in [3.63, 3.8) is 0 Å². The number of nitro benzene ring substituents is 1. The summed E-state index contributed by atoms with van der Waals surface area (Å²) >= 11 is 0. The molecule has 0 fully saturated rings. The van der Waals surface area contributed by atoms with Crippen LogP contribution in [0.2, 0.25) is 0 Å². The van der Waals surface area contributed by atoms with Gasteiger partial charge in [-0.15, -0.1) is 6.42 Å². The van der Waals surface area contributed by atoms with Crippen molar-refractivity contribution < 1.29 is 27.4 Å². The third kappa shape index (κ3) is 3.61. The van der Waals surface area contributed by atoms with E-state index in [0.717, 1.165) is 18.2 Å². The summed E-state index contributed by atoms with van der Waals surface area (Å²) in [6.07, 6.45) is 5.23. The predicted molar refractivity (Wildman–Crippen MR) is 92.7 cm³/mol. The lowest BCUT2D eigenvalue weighted by Crippen LogP contribution is -2.37. The molecule has 0 aliphatic carbocycles.